The average Bonchev–Trinajstić information content (AvgIpc) is 3.57. The van der Waals surface area contributed by atoms with Crippen molar-refractivity contribution >= 4 is 35.3 Å². The molecule has 2 aromatic carbocycles. The van der Waals surface area contributed by atoms with E-state index in [4.69, 9.17) is 4.74 Å². The fourth-order valence-corrected chi connectivity index (χ4v) is 5.86. The highest BCUT2D eigenvalue weighted by Gasteiger charge is 2.55. The van der Waals surface area contributed by atoms with Crippen LogP contribution in [0.25, 0.3) is 0 Å². The standard InChI is InChI=1S/C33H46N6O5/c1-21(2)35-31(42)38-20-26(44-32(43)39(23-14-10-8-11-15-23)24-16-12-9-13-17-24)27-25(38)18-19-37(27)30(41)28(33(4,5)6)36-29(40)22(3)34-7/h8-17,21-22,25-28,34H,18-20H2,1-7H3,(H,35,42)(H,36,40)/t22-,25+,26-,27-,28?/m0/s1. The van der Waals surface area contributed by atoms with Crippen LogP contribution in [-0.2, 0) is 14.3 Å². The Morgan fingerprint density at radius 2 is 1.45 bits per heavy atom. The van der Waals surface area contributed by atoms with E-state index in [1.54, 1.807) is 23.8 Å². The summed E-state index contributed by atoms with van der Waals surface area (Å²) in [6, 6.07) is 15.8. The summed E-state index contributed by atoms with van der Waals surface area (Å²) in [5.41, 5.74) is 0.650. The van der Waals surface area contributed by atoms with Crippen molar-refractivity contribution in [3.63, 3.8) is 0 Å². The minimum absolute atomic E-state index is 0.0945. The molecule has 238 valence electrons. The number of para-hydroxylation sites is 2. The predicted molar refractivity (Wildman–Crippen MR) is 169 cm³/mol. The monoisotopic (exact) mass is 606 g/mol. The number of nitrogens with one attached hydrogen (secondary N) is 3. The lowest BCUT2D eigenvalue weighted by Crippen LogP contribution is -2.59. The highest BCUT2D eigenvalue weighted by atomic mass is 16.6. The molecule has 2 heterocycles. The summed E-state index contributed by atoms with van der Waals surface area (Å²) in [4.78, 5) is 59.3. The van der Waals surface area contributed by atoms with Crippen molar-refractivity contribution in [1.29, 1.82) is 0 Å². The van der Waals surface area contributed by atoms with Gasteiger partial charge in [0.05, 0.1) is 36.0 Å². The lowest BCUT2D eigenvalue weighted by atomic mass is 9.85. The second-order valence-corrected chi connectivity index (χ2v) is 12.9. The molecule has 3 N–H and O–H groups in total. The molecule has 2 fully saturated rings. The van der Waals surface area contributed by atoms with Crippen LogP contribution in [0, 0.1) is 5.41 Å². The zero-order valence-corrected chi connectivity index (χ0v) is 26.7. The number of rotatable bonds is 8. The maximum atomic E-state index is 14.3. The molecule has 0 saturated carbocycles. The van der Waals surface area contributed by atoms with Crippen LogP contribution in [0.5, 0.6) is 0 Å². The molecular weight excluding hydrogens is 560 g/mol. The molecule has 11 heteroatoms. The lowest BCUT2D eigenvalue weighted by Gasteiger charge is -2.37. The molecule has 0 radical (unpaired) electrons. The molecule has 11 nitrogen and oxygen atoms in total. The van der Waals surface area contributed by atoms with Crippen LogP contribution in [-0.4, -0.2) is 90.2 Å². The van der Waals surface area contributed by atoms with Gasteiger partial charge in [-0.1, -0.05) is 57.2 Å². The minimum atomic E-state index is -0.829. The Kier molecular flexibility index (Phi) is 10.2. The van der Waals surface area contributed by atoms with Gasteiger partial charge in [-0.3, -0.25) is 9.59 Å². The van der Waals surface area contributed by atoms with E-state index in [2.05, 4.69) is 16.0 Å². The second kappa shape index (κ2) is 13.7. The van der Waals surface area contributed by atoms with E-state index >= 15 is 0 Å². The van der Waals surface area contributed by atoms with Crippen molar-refractivity contribution in [2.75, 3.05) is 25.0 Å². The number of likely N-dealkylation sites (N-methyl/N-ethyl adjacent to an activating group) is 1. The number of fused-ring (bicyclic) bond motifs is 1. The fraction of sp³-hybridized carbons (Fsp3) is 0.515. The van der Waals surface area contributed by atoms with E-state index in [1.165, 1.54) is 4.90 Å². The first-order valence-corrected chi connectivity index (χ1v) is 15.3. The van der Waals surface area contributed by atoms with Gasteiger partial charge in [-0.15, -0.1) is 0 Å². The van der Waals surface area contributed by atoms with Gasteiger partial charge in [-0.2, -0.15) is 0 Å². The van der Waals surface area contributed by atoms with Crippen LogP contribution < -0.4 is 20.9 Å². The van der Waals surface area contributed by atoms with Crippen molar-refractivity contribution in [3.05, 3.63) is 60.7 Å². The smallest absolute Gasteiger partial charge is 0.419 e. The molecule has 0 aliphatic carbocycles. The van der Waals surface area contributed by atoms with Crippen molar-refractivity contribution in [2.45, 2.75) is 84.3 Å². The van der Waals surface area contributed by atoms with E-state index < -0.39 is 35.7 Å². The van der Waals surface area contributed by atoms with Gasteiger partial charge in [-0.25, -0.2) is 14.5 Å². The number of hydrogen-bond acceptors (Lipinski definition) is 6. The molecule has 0 spiro atoms. The third-order valence-electron chi connectivity index (χ3n) is 8.22. The number of hydrogen-bond donors (Lipinski definition) is 3. The summed E-state index contributed by atoms with van der Waals surface area (Å²) in [6.07, 6.45) is -0.881. The largest absolute Gasteiger partial charge is 0.441 e. The van der Waals surface area contributed by atoms with Gasteiger partial charge in [0.15, 0.2) is 0 Å². The summed E-state index contributed by atoms with van der Waals surface area (Å²) in [5.74, 6) is -0.554. The Bertz CT molecular complexity index is 1280. The normalized spacial score (nSPS) is 21.0. The molecule has 5 amide bonds. The third-order valence-corrected chi connectivity index (χ3v) is 8.22. The Morgan fingerprint density at radius 1 is 0.886 bits per heavy atom. The summed E-state index contributed by atoms with van der Waals surface area (Å²) in [5, 5.41) is 8.81. The fourth-order valence-electron chi connectivity index (χ4n) is 5.86. The van der Waals surface area contributed by atoms with Crippen molar-refractivity contribution in [2.24, 2.45) is 5.41 Å². The van der Waals surface area contributed by atoms with Crippen LogP contribution in [0.2, 0.25) is 0 Å². The van der Waals surface area contributed by atoms with Crippen molar-refractivity contribution in [1.82, 2.24) is 25.8 Å². The lowest BCUT2D eigenvalue weighted by molar-refractivity contribution is -0.141. The summed E-state index contributed by atoms with van der Waals surface area (Å²) >= 11 is 0. The van der Waals surface area contributed by atoms with Gasteiger partial charge in [0, 0.05) is 12.6 Å². The number of nitrogens with zero attached hydrogens (tertiary/aromatic N) is 3. The number of carbonyl (C=O) groups excluding carboxylic acids is 4. The van der Waals surface area contributed by atoms with Crippen LogP contribution in [0.1, 0.15) is 48.0 Å². The molecule has 5 atom stereocenters. The maximum Gasteiger partial charge on any atom is 0.419 e. The SMILES string of the molecule is CN[C@@H](C)C(=O)NC(C(=O)N1CC[C@@H]2[C@H]1[C@@H](OC(=O)N(c1ccccc1)c1ccccc1)CN2C(=O)NC(C)C)C(C)(C)C. The Balaban J connectivity index is 1.67. The number of carbonyl (C=O) groups is 4. The third kappa shape index (κ3) is 7.15. The number of likely N-dealkylation sites (tertiary alicyclic amines) is 2. The highest BCUT2D eigenvalue weighted by Crippen LogP contribution is 2.37. The zero-order valence-electron chi connectivity index (χ0n) is 26.7. The van der Waals surface area contributed by atoms with Gasteiger partial charge in [0.2, 0.25) is 11.8 Å². The average molecular weight is 607 g/mol. The molecule has 2 aliphatic heterocycles. The maximum absolute atomic E-state index is 14.3. The molecule has 0 bridgehead atoms. The number of amides is 5. The van der Waals surface area contributed by atoms with Crippen molar-refractivity contribution < 1.29 is 23.9 Å². The molecule has 2 saturated heterocycles. The van der Waals surface area contributed by atoms with Crippen LogP contribution >= 0.6 is 0 Å². The van der Waals surface area contributed by atoms with Crippen LogP contribution in [0.15, 0.2) is 60.7 Å². The minimum Gasteiger partial charge on any atom is -0.441 e. The molecular formula is C33H46N6O5. The first-order valence-electron chi connectivity index (χ1n) is 15.3. The molecule has 2 aliphatic rings. The van der Waals surface area contributed by atoms with Crippen LogP contribution in [0.3, 0.4) is 0 Å². The van der Waals surface area contributed by atoms with E-state index in [9.17, 15) is 19.2 Å². The number of anilines is 2. The Hall–Kier alpha value is -4.12. The summed E-state index contributed by atoms with van der Waals surface area (Å²) < 4.78 is 6.24. The predicted octanol–water partition coefficient (Wildman–Crippen LogP) is 3.87. The number of ether oxygens (including phenoxy) is 1. The van der Waals surface area contributed by atoms with E-state index in [0.29, 0.717) is 24.3 Å². The van der Waals surface area contributed by atoms with E-state index in [1.807, 2.05) is 95.3 Å². The molecule has 2 aromatic rings. The van der Waals surface area contributed by atoms with Gasteiger partial charge in [-0.05, 0) is 63.9 Å². The van der Waals surface area contributed by atoms with Crippen LogP contribution in [0.4, 0.5) is 21.0 Å². The van der Waals surface area contributed by atoms with Gasteiger partial charge in [0.25, 0.3) is 0 Å². The first kappa shape index (κ1) is 32.8. The topological polar surface area (TPSA) is 123 Å². The first-order chi connectivity index (χ1) is 20.8. The van der Waals surface area contributed by atoms with E-state index in [-0.39, 0.29) is 36.5 Å². The molecule has 4 rings (SSSR count). The molecule has 1 unspecified atom stereocenters. The highest BCUT2D eigenvalue weighted by molar-refractivity contribution is 5.96. The van der Waals surface area contributed by atoms with Gasteiger partial charge >= 0.3 is 12.1 Å². The number of urea groups is 1. The zero-order chi connectivity index (χ0) is 32.2. The second-order valence-electron chi connectivity index (χ2n) is 12.9. The molecule has 0 aromatic heterocycles. The molecule has 44 heavy (non-hydrogen) atoms. The Morgan fingerprint density at radius 3 is 1.95 bits per heavy atom. The van der Waals surface area contributed by atoms with Gasteiger partial charge in [0.1, 0.15) is 12.1 Å². The summed E-state index contributed by atoms with van der Waals surface area (Å²) in [7, 11) is 1.69. The van der Waals surface area contributed by atoms with Gasteiger partial charge < -0.3 is 30.5 Å². The quantitative estimate of drug-likeness (QED) is 0.419. The van der Waals surface area contributed by atoms with E-state index in [0.717, 1.165) is 0 Å². The Labute approximate surface area is 260 Å². The summed E-state index contributed by atoms with van der Waals surface area (Å²) in [6.45, 7) is 11.7. The van der Waals surface area contributed by atoms with Crippen molar-refractivity contribution in [3.8, 4) is 0 Å². The number of benzene rings is 2.